The molecule has 2 atom stereocenters. The Hall–Kier alpha value is -0.0500. The van der Waals surface area contributed by atoms with Crippen LogP contribution in [0.25, 0.3) is 0 Å². The number of phosphoric ester groups is 1. The first kappa shape index (κ1) is 23.0. The van der Waals surface area contributed by atoms with E-state index in [9.17, 15) is 13.7 Å². The van der Waals surface area contributed by atoms with Crippen molar-refractivity contribution in [3.63, 3.8) is 0 Å². The molecule has 9 heteroatoms. The highest BCUT2D eigenvalue weighted by atomic mass is 32.2. The van der Waals surface area contributed by atoms with Crippen LogP contribution in [0.3, 0.4) is 0 Å². The smallest absolute Gasteiger partial charge is 0.470 e. The van der Waals surface area contributed by atoms with Crippen molar-refractivity contribution in [2.24, 2.45) is 5.92 Å². The third-order valence-electron chi connectivity index (χ3n) is 3.49. The molecule has 0 spiro atoms. The summed E-state index contributed by atoms with van der Waals surface area (Å²) >= 11 is -2.38. The minimum absolute atomic E-state index is 0.211. The van der Waals surface area contributed by atoms with E-state index in [4.69, 9.17) is 14.3 Å². The van der Waals surface area contributed by atoms with Gasteiger partial charge in [0.2, 0.25) is 0 Å². The van der Waals surface area contributed by atoms with Crippen molar-refractivity contribution in [3.8, 4) is 0 Å². The third kappa shape index (κ3) is 9.45. The van der Waals surface area contributed by atoms with Crippen LogP contribution in [0.4, 0.5) is 0 Å². The molecule has 0 amide bonds. The molecule has 1 rings (SSSR count). The van der Waals surface area contributed by atoms with Crippen LogP contribution in [0.2, 0.25) is 0 Å². The van der Waals surface area contributed by atoms with Gasteiger partial charge < -0.3 is 18.9 Å². The Labute approximate surface area is 156 Å². The quantitative estimate of drug-likeness (QED) is 0.452. The van der Waals surface area contributed by atoms with Crippen LogP contribution in [0.5, 0.6) is 0 Å². The summed E-state index contributed by atoms with van der Waals surface area (Å²) in [4.78, 5) is 19.1. The van der Waals surface area contributed by atoms with Crippen LogP contribution < -0.4 is 0 Å². The van der Waals surface area contributed by atoms with E-state index in [2.05, 4.69) is 13.8 Å². The van der Waals surface area contributed by atoms with Gasteiger partial charge in [0.1, 0.15) is 11.5 Å². The molecule has 1 aromatic rings. The summed E-state index contributed by atoms with van der Waals surface area (Å²) < 4.78 is 40.1. The molecule has 0 saturated heterocycles. The van der Waals surface area contributed by atoms with Crippen LogP contribution in [0.15, 0.2) is 34.1 Å². The largest absolute Gasteiger partial charge is 0.611 e. The van der Waals surface area contributed by atoms with Gasteiger partial charge >= 0.3 is 7.82 Å². The van der Waals surface area contributed by atoms with E-state index in [0.29, 0.717) is 21.5 Å². The molecule has 0 aromatic heterocycles. The zero-order valence-electron chi connectivity index (χ0n) is 15.0. The summed E-state index contributed by atoms with van der Waals surface area (Å²) in [6.45, 7) is 7.26. The lowest BCUT2D eigenvalue weighted by molar-refractivity contribution is 0.0627. The molecule has 2 N–H and O–H groups in total. The predicted molar refractivity (Wildman–Crippen MR) is 100 cm³/mol. The van der Waals surface area contributed by atoms with Crippen molar-refractivity contribution in [2.45, 2.75) is 55.9 Å². The number of rotatable bonds is 10. The Bertz CT molecular complexity index is 572. The maximum absolute atomic E-state index is 12.3. The minimum atomic E-state index is -4.58. The Kier molecular flexibility index (Phi) is 8.98. The van der Waals surface area contributed by atoms with Crippen LogP contribution in [0.1, 0.15) is 40.5 Å². The maximum atomic E-state index is 12.3. The number of hydrogen-bond donors (Lipinski definition) is 2. The number of benzene rings is 1. The van der Waals surface area contributed by atoms with Crippen LogP contribution >= 0.6 is 7.82 Å². The first-order valence-corrected chi connectivity index (χ1v) is 12.2. The second-order valence-electron chi connectivity index (χ2n) is 6.84. The van der Waals surface area contributed by atoms with E-state index in [0.717, 1.165) is 6.42 Å². The van der Waals surface area contributed by atoms with Crippen LogP contribution in [-0.4, -0.2) is 36.0 Å². The van der Waals surface area contributed by atoms with Gasteiger partial charge in [-0.3, -0.25) is 4.52 Å². The van der Waals surface area contributed by atoms with E-state index in [1.807, 2.05) is 0 Å². The van der Waals surface area contributed by atoms with Crippen molar-refractivity contribution in [1.29, 1.82) is 0 Å². The van der Waals surface area contributed by atoms with Gasteiger partial charge in [0.15, 0.2) is 9.79 Å². The van der Waals surface area contributed by atoms with Crippen molar-refractivity contribution in [2.75, 3.05) is 11.5 Å². The van der Waals surface area contributed by atoms with Crippen LogP contribution in [0, 0.1) is 5.92 Å². The standard InChI is InChI=1S/C16H27O6PS2/c1-13(2)9-11-24(20)14-5-7-15(8-6-14)25(21)12-10-16(3,4)22-23(17,18)19/h5-8,13H,9-12H2,1-4H3,(H2,17,18,19). The van der Waals surface area contributed by atoms with E-state index < -0.39 is 35.8 Å². The Morgan fingerprint density at radius 2 is 1.52 bits per heavy atom. The normalized spacial score (nSPS) is 15.4. The highest BCUT2D eigenvalue weighted by Crippen LogP contribution is 2.42. The van der Waals surface area contributed by atoms with Gasteiger partial charge in [0, 0.05) is 6.42 Å². The first-order chi connectivity index (χ1) is 11.4. The molecular formula is C16H27O6PS2. The second-order valence-corrected chi connectivity index (χ2v) is 11.1. The zero-order chi connectivity index (χ0) is 19.3. The molecule has 0 saturated carbocycles. The molecule has 0 radical (unpaired) electrons. The molecule has 1 aromatic carbocycles. The summed E-state index contributed by atoms with van der Waals surface area (Å²) in [5, 5.41) is 0. The number of hydrogen-bond acceptors (Lipinski definition) is 4. The molecule has 0 aliphatic rings. The lowest BCUT2D eigenvalue weighted by Crippen LogP contribution is -2.26. The highest BCUT2D eigenvalue weighted by Gasteiger charge is 2.30. The van der Waals surface area contributed by atoms with Gasteiger partial charge in [-0.05, 0) is 72.8 Å². The molecule has 0 fully saturated rings. The van der Waals surface area contributed by atoms with Crippen molar-refractivity contribution >= 4 is 30.2 Å². The molecule has 25 heavy (non-hydrogen) atoms. The molecule has 2 unspecified atom stereocenters. The molecular weight excluding hydrogens is 383 g/mol. The van der Waals surface area contributed by atoms with Crippen LogP contribution in [-0.2, 0) is 31.4 Å². The number of phosphoric acid groups is 1. The van der Waals surface area contributed by atoms with E-state index >= 15 is 0 Å². The lowest BCUT2D eigenvalue weighted by Gasteiger charge is -2.25. The fourth-order valence-corrected chi connectivity index (χ4v) is 5.48. The lowest BCUT2D eigenvalue weighted by atomic mass is 10.1. The van der Waals surface area contributed by atoms with E-state index in [-0.39, 0.29) is 12.2 Å². The Balaban J connectivity index is 2.59. The van der Waals surface area contributed by atoms with Gasteiger partial charge in [-0.15, -0.1) is 0 Å². The second kappa shape index (κ2) is 9.76. The summed E-state index contributed by atoms with van der Waals surface area (Å²) in [7, 11) is -4.58. The fourth-order valence-electron chi connectivity index (χ4n) is 2.03. The van der Waals surface area contributed by atoms with Gasteiger partial charge in [-0.1, -0.05) is 13.8 Å². The summed E-state index contributed by atoms with van der Waals surface area (Å²) in [6.07, 6.45) is 1.11. The average molecular weight is 410 g/mol. The van der Waals surface area contributed by atoms with Gasteiger partial charge in [0.05, 0.1) is 5.60 Å². The van der Waals surface area contributed by atoms with Gasteiger partial charge in [0.25, 0.3) is 0 Å². The molecule has 0 aliphatic heterocycles. The van der Waals surface area contributed by atoms with Gasteiger partial charge in [-0.2, -0.15) is 0 Å². The molecule has 6 nitrogen and oxygen atoms in total. The zero-order valence-corrected chi connectivity index (χ0v) is 17.5. The van der Waals surface area contributed by atoms with E-state index in [1.54, 1.807) is 38.1 Å². The summed E-state index contributed by atoms with van der Waals surface area (Å²) in [5.41, 5.74) is -1.08. The predicted octanol–water partition coefficient (Wildman–Crippen LogP) is 3.23. The molecule has 144 valence electrons. The van der Waals surface area contributed by atoms with Gasteiger partial charge in [-0.25, -0.2) is 4.57 Å². The topological polar surface area (TPSA) is 113 Å². The average Bonchev–Trinajstić information content (AvgIpc) is 2.48. The molecule has 0 aliphatic carbocycles. The van der Waals surface area contributed by atoms with E-state index in [1.165, 1.54) is 0 Å². The first-order valence-electron chi connectivity index (χ1n) is 8.03. The SMILES string of the molecule is CC(C)CC[S+]([O-])c1ccc([S+]([O-])CCC(C)(C)OP(=O)(O)O)cc1. The maximum Gasteiger partial charge on any atom is 0.470 e. The van der Waals surface area contributed by atoms with Crippen molar-refractivity contribution in [1.82, 2.24) is 0 Å². The third-order valence-corrected chi connectivity index (χ3v) is 7.00. The summed E-state index contributed by atoms with van der Waals surface area (Å²) in [5.74, 6) is 1.31. The molecule has 0 bridgehead atoms. The Morgan fingerprint density at radius 1 is 1.08 bits per heavy atom. The monoisotopic (exact) mass is 410 g/mol. The Morgan fingerprint density at radius 3 is 1.92 bits per heavy atom. The minimum Gasteiger partial charge on any atom is -0.611 e. The summed E-state index contributed by atoms with van der Waals surface area (Å²) in [6, 6.07) is 6.83. The van der Waals surface area contributed by atoms with Crippen molar-refractivity contribution < 1.29 is 28.0 Å². The van der Waals surface area contributed by atoms with Crippen molar-refractivity contribution in [3.05, 3.63) is 24.3 Å². The molecule has 0 heterocycles. The highest BCUT2D eigenvalue weighted by molar-refractivity contribution is 7.91. The fraction of sp³-hybridized carbons (Fsp3) is 0.625.